The molecule has 8 rings (SSSR count). The molecule has 1 aromatic carbocycles. The van der Waals surface area contributed by atoms with Crippen molar-refractivity contribution in [2.24, 2.45) is 7.05 Å². The number of nitrogens with one attached hydrogen (secondary N) is 2. The zero-order chi connectivity index (χ0) is 30.9. The molecule has 0 radical (unpaired) electrons. The molecule has 6 heterocycles. The summed E-state index contributed by atoms with van der Waals surface area (Å²) in [5.41, 5.74) is 4.60. The number of benzene rings is 1. The number of aryl methyl sites for hydroxylation is 2. The molecule has 0 unspecified atom stereocenters. The number of alkyl carbamates (subject to hydrolysis) is 1. The molecular formula is C31H32FN7O5. The van der Waals surface area contributed by atoms with Gasteiger partial charge in [0, 0.05) is 37.8 Å². The lowest BCUT2D eigenvalue weighted by Gasteiger charge is -2.21. The number of amides is 1. The van der Waals surface area contributed by atoms with Crippen molar-refractivity contribution in [1.82, 2.24) is 34.2 Å². The number of hydrogen-bond donors (Lipinski definition) is 2. The molecule has 1 fully saturated rings. The van der Waals surface area contributed by atoms with Gasteiger partial charge in [-0.2, -0.15) is 4.39 Å². The van der Waals surface area contributed by atoms with Crippen molar-refractivity contribution in [2.45, 2.75) is 63.8 Å². The average Bonchev–Trinajstić information content (AvgIpc) is 3.75. The van der Waals surface area contributed by atoms with Gasteiger partial charge < -0.3 is 19.8 Å². The number of aromatic amines is 1. The molecule has 44 heavy (non-hydrogen) atoms. The first kappa shape index (κ1) is 27.9. The fourth-order valence-electron chi connectivity index (χ4n) is 6.78. The Bertz CT molecular complexity index is 2000. The quantitative estimate of drug-likeness (QED) is 0.293. The second-order valence-corrected chi connectivity index (χ2v) is 11.6. The number of rotatable bonds is 3. The van der Waals surface area contributed by atoms with E-state index in [1.54, 1.807) is 24.0 Å². The summed E-state index contributed by atoms with van der Waals surface area (Å²) in [5.74, 6) is -1.17. The van der Waals surface area contributed by atoms with Crippen LogP contribution in [0.15, 0.2) is 41.5 Å². The lowest BCUT2D eigenvalue weighted by molar-refractivity contribution is -0.150. The number of carbonyl (C=O) groups excluding carboxylic acids is 2. The van der Waals surface area contributed by atoms with Gasteiger partial charge in [0.25, 0.3) is 0 Å². The molecule has 0 spiro atoms. The number of methoxy groups -OCH3 is 1. The summed E-state index contributed by atoms with van der Waals surface area (Å²) in [5, 5.41) is 7.50. The predicted molar refractivity (Wildman–Crippen MR) is 160 cm³/mol. The van der Waals surface area contributed by atoms with Crippen molar-refractivity contribution in [3.63, 3.8) is 0 Å². The minimum absolute atomic E-state index is 0.131. The molecule has 5 aromatic rings. The average molecular weight is 602 g/mol. The number of esters is 1. The first-order chi connectivity index (χ1) is 21.2. The first-order valence-electron chi connectivity index (χ1n) is 14.7. The highest BCUT2D eigenvalue weighted by Gasteiger charge is 2.41. The Labute approximate surface area is 250 Å². The van der Waals surface area contributed by atoms with Gasteiger partial charge in [0.15, 0.2) is 0 Å². The lowest BCUT2D eigenvalue weighted by Crippen LogP contribution is -2.42. The van der Waals surface area contributed by atoms with Crippen molar-refractivity contribution in [2.75, 3.05) is 7.11 Å². The van der Waals surface area contributed by atoms with Crippen LogP contribution in [0.3, 0.4) is 0 Å². The Kier molecular flexibility index (Phi) is 6.56. The van der Waals surface area contributed by atoms with E-state index in [1.165, 1.54) is 16.4 Å². The molecular weight excluding hydrogens is 569 g/mol. The van der Waals surface area contributed by atoms with Crippen LogP contribution in [-0.2, 0) is 27.9 Å². The van der Waals surface area contributed by atoms with E-state index in [4.69, 9.17) is 9.47 Å². The molecule has 4 aromatic heterocycles. The summed E-state index contributed by atoms with van der Waals surface area (Å²) in [4.78, 5) is 47.4. The second kappa shape index (κ2) is 10.4. The van der Waals surface area contributed by atoms with Crippen LogP contribution in [0.25, 0.3) is 44.5 Å². The number of nitrogens with zero attached hydrogens (tertiary/aromatic N) is 5. The number of hydrogen-bond acceptors (Lipinski definition) is 7. The Morgan fingerprint density at radius 2 is 2.00 bits per heavy atom. The van der Waals surface area contributed by atoms with E-state index < -0.39 is 36.2 Å². The minimum Gasteiger partial charge on any atom is -0.460 e. The largest absolute Gasteiger partial charge is 0.460 e. The van der Waals surface area contributed by atoms with Crippen LogP contribution in [0.1, 0.15) is 50.6 Å². The molecule has 2 aliphatic heterocycles. The number of carbonyl (C=O) groups is 2. The maximum absolute atomic E-state index is 15.4. The van der Waals surface area contributed by atoms with Gasteiger partial charge in [-0.1, -0.05) is 31.2 Å². The van der Waals surface area contributed by atoms with Crippen LogP contribution in [0.2, 0.25) is 0 Å². The second-order valence-electron chi connectivity index (χ2n) is 11.6. The van der Waals surface area contributed by atoms with Gasteiger partial charge in [0.1, 0.15) is 11.8 Å². The van der Waals surface area contributed by atoms with Crippen molar-refractivity contribution < 1.29 is 23.5 Å². The zero-order valence-electron chi connectivity index (χ0n) is 24.8. The Balaban J connectivity index is 1.55. The van der Waals surface area contributed by atoms with Gasteiger partial charge in [0.05, 0.1) is 53.4 Å². The number of ether oxygens (including phenoxy) is 2. The summed E-state index contributed by atoms with van der Waals surface area (Å²) in [6, 6.07) is 6.76. The molecule has 12 nitrogen and oxygen atoms in total. The molecule has 2 N–H and O–H groups in total. The third-order valence-corrected chi connectivity index (χ3v) is 9.04. The van der Waals surface area contributed by atoms with Crippen LogP contribution in [0.5, 0.6) is 0 Å². The molecule has 228 valence electrons. The van der Waals surface area contributed by atoms with Crippen LogP contribution >= 0.6 is 0 Å². The minimum atomic E-state index is -0.680. The van der Waals surface area contributed by atoms with Gasteiger partial charge in [0.2, 0.25) is 5.95 Å². The Morgan fingerprint density at radius 1 is 1.23 bits per heavy atom. The first-order valence-corrected chi connectivity index (χ1v) is 14.7. The van der Waals surface area contributed by atoms with Gasteiger partial charge >= 0.3 is 17.8 Å². The van der Waals surface area contributed by atoms with Crippen molar-refractivity contribution in [3.8, 4) is 22.4 Å². The van der Waals surface area contributed by atoms with Crippen LogP contribution < -0.4 is 11.0 Å². The van der Waals surface area contributed by atoms with Gasteiger partial charge in [-0.3, -0.25) is 18.6 Å². The van der Waals surface area contributed by atoms with Crippen molar-refractivity contribution >= 4 is 34.1 Å². The van der Waals surface area contributed by atoms with Crippen LogP contribution in [0, 0.1) is 5.95 Å². The van der Waals surface area contributed by atoms with Crippen LogP contribution in [0.4, 0.5) is 9.18 Å². The van der Waals surface area contributed by atoms with E-state index in [9.17, 15) is 14.4 Å². The fraction of sp³-hybridized carbons (Fsp3) is 0.387. The molecule has 1 saturated carbocycles. The summed E-state index contributed by atoms with van der Waals surface area (Å²) >= 11 is 0. The highest BCUT2D eigenvalue weighted by Crippen LogP contribution is 2.44. The third kappa shape index (κ3) is 4.28. The highest BCUT2D eigenvalue weighted by molar-refractivity contribution is 6.14. The molecule has 4 atom stereocenters. The lowest BCUT2D eigenvalue weighted by atomic mass is 9.93. The number of fused-ring (bicyclic) bond motifs is 5. The van der Waals surface area contributed by atoms with E-state index in [0.29, 0.717) is 52.7 Å². The zero-order valence-corrected chi connectivity index (χ0v) is 24.8. The van der Waals surface area contributed by atoms with Crippen LogP contribution in [-0.4, -0.2) is 60.2 Å². The van der Waals surface area contributed by atoms with E-state index in [2.05, 4.69) is 20.4 Å². The fourth-order valence-corrected chi connectivity index (χ4v) is 6.78. The third-order valence-electron chi connectivity index (χ3n) is 9.04. The highest BCUT2D eigenvalue weighted by atomic mass is 19.1. The number of H-pyrrole nitrogens is 1. The number of pyridine rings is 1. The van der Waals surface area contributed by atoms with Crippen molar-refractivity contribution in [3.05, 3.63) is 58.7 Å². The standard InChI is InChI=1S/C31H32FN7O5/c1-5-38-14-19(28(32)36-38)26-24-17-8-6-16(7-9-17)15(2)10-23(40)44-22-12-18(11-20(22)34-30(41)43-4)39-27-21(37(3)31(39)42)13-33-29(35-26)25(24)27/h6-9,13-15,18,20,22H,5,10-12H2,1-4H3,(H,33,35)(H,34,41)/t15-,18-,20-,22+/m0/s1. The molecule has 3 aliphatic rings. The summed E-state index contributed by atoms with van der Waals surface area (Å²) < 4.78 is 30.9. The summed E-state index contributed by atoms with van der Waals surface area (Å²) in [6.07, 6.45) is 2.71. The van der Waals surface area contributed by atoms with Gasteiger partial charge in [-0.25, -0.2) is 14.6 Å². The maximum Gasteiger partial charge on any atom is 0.407 e. The molecule has 13 heteroatoms. The number of halogens is 1. The molecule has 0 saturated heterocycles. The predicted octanol–water partition coefficient (Wildman–Crippen LogP) is 4.38. The van der Waals surface area contributed by atoms with E-state index in [1.807, 2.05) is 38.1 Å². The molecule has 4 bridgehead atoms. The van der Waals surface area contributed by atoms with E-state index in [0.717, 1.165) is 11.1 Å². The monoisotopic (exact) mass is 601 g/mol. The van der Waals surface area contributed by atoms with Crippen molar-refractivity contribution in [1.29, 1.82) is 0 Å². The van der Waals surface area contributed by atoms with Gasteiger partial charge in [-0.05, 0) is 30.4 Å². The summed E-state index contributed by atoms with van der Waals surface area (Å²) in [6.45, 7) is 4.32. The SMILES string of the molecule is CCn1cc(-c2[nH]c3ncc4c5c3c2-c2ccc(cc2)[C@@H](C)CC(=O)O[C@@H]2C[C@H](C[C@@H]2NC(=O)OC)n5c(=O)n4C)c(F)n1. The maximum atomic E-state index is 15.4. The Hall–Kier alpha value is -4.94. The van der Waals surface area contributed by atoms with E-state index >= 15 is 4.39 Å². The number of aromatic nitrogens is 6. The topological polar surface area (TPSA) is 138 Å². The normalized spacial score (nSPS) is 21.5. The number of imidazole rings is 1. The van der Waals surface area contributed by atoms with Gasteiger partial charge in [-0.15, -0.1) is 5.10 Å². The summed E-state index contributed by atoms with van der Waals surface area (Å²) in [7, 11) is 2.95. The molecule has 1 aliphatic carbocycles. The van der Waals surface area contributed by atoms with E-state index in [-0.39, 0.29) is 23.6 Å². The Morgan fingerprint density at radius 3 is 2.70 bits per heavy atom. The smallest absolute Gasteiger partial charge is 0.407 e. The molecule has 1 amide bonds.